The Morgan fingerprint density at radius 1 is 1.21 bits per heavy atom. The van der Waals surface area contributed by atoms with Gasteiger partial charge in [0, 0.05) is 12.2 Å². The highest BCUT2D eigenvalue weighted by Gasteiger charge is 2.07. The molecule has 3 aromatic rings. The van der Waals surface area contributed by atoms with Gasteiger partial charge in [-0.05, 0) is 36.2 Å². The smallest absolute Gasteiger partial charge is 0.138 e. The van der Waals surface area contributed by atoms with Crippen molar-refractivity contribution in [1.82, 2.24) is 14.5 Å². The largest absolute Gasteiger partial charge is 0.326 e. The minimum atomic E-state index is 0.523. The number of hydrogen-bond acceptors (Lipinski definition) is 3. The Bertz CT molecular complexity index is 693. The third kappa shape index (κ3) is 2.11. The van der Waals surface area contributed by atoms with Gasteiger partial charge in [-0.25, -0.2) is 9.97 Å². The Morgan fingerprint density at radius 2 is 2.05 bits per heavy atom. The number of para-hydroxylation sites is 2. The summed E-state index contributed by atoms with van der Waals surface area (Å²) in [6.45, 7) is 2.62. The highest BCUT2D eigenvalue weighted by molar-refractivity contribution is 5.76. The van der Waals surface area contributed by atoms with Gasteiger partial charge in [0.15, 0.2) is 0 Å². The summed E-state index contributed by atoms with van der Waals surface area (Å²) in [5.74, 6) is 0.883. The number of hydrogen-bond donors (Lipinski definition) is 1. The van der Waals surface area contributed by atoms with Gasteiger partial charge in [0.05, 0.1) is 11.0 Å². The van der Waals surface area contributed by atoms with Gasteiger partial charge in [0.25, 0.3) is 0 Å². The molecule has 2 heterocycles. The molecule has 0 radical (unpaired) electrons. The molecule has 3 rings (SSSR count). The van der Waals surface area contributed by atoms with Crippen LogP contribution in [0.3, 0.4) is 0 Å². The van der Waals surface area contributed by atoms with E-state index in [1.165, 1.54) is 0 Å². The molecule has 0 spiro atoms. The van der Waals surface area contributed by atoms with Gasteiger partial charge < -0.3 is 5.73 Å². The fraction of sp³-hybridized carbons (Fsp3) is 0.200. The van der Waals surface area contributed by atoms with Crippen LogP contribution in [0.1, 0.15) is 18.2 Å². The summed E-state index contributed by atoms with van der Waals surface area (Å²) in [7, 11) is 0. The van der Waals surface area contributed by atoms with Crippen molar-refractivity contribution >= 4 is 11.0 Å². The Kier molecular flexibility index (Phi) is 3.01. The molecule has 4 nitrogen and oxygen atoms in total. The van der Waals surface area contributed by atoms with Gasteiger partial charge in [-0.3, -0.25) is 4.57 Å². The summed E-state index contributed by atoms with van der Waals surface area (Å²) in [4.78, 5) is 9.06. The first-order valence-electron chi connectivity index (χ1n) is 6.44. The van der Waals surface area contributed by atoms with Crippen LogP contribution in [0.4, 0.5) is 0 Å². The van der Waals surface area contributed by atoms with E-state index < -0.39 is 0 Å². The number of nitrogens with two attached hydrogens (primary N) is 1. The van der Waals surface area contributed by atoms with Gasteiger partial charge in [0.2, 0.25) is 0 Å². The summed E-state index contributed by atoms with van der Waals surface area (Å²) in [6, 6.07) is 12.1. The van der Waals surface area contributed by atoms with Crippen LogP contribution >= 0.6 is 0 Å². The summed E-state index contributed by atoms with van der Waals surface area (Å²) in [6.07, 6.45) is 2.71. The first-order valence-corrected chi connectivity index (χ1v) is 6.44. The van der Waals surface area contributed by atoms with Crippen LogP contribution < -0.4 is 5.73 Å². The number of nitrogens with zero attached hydrogens (tertiary/aromatic N) is 3. The lowest BCUT2D eigenvalue weighted by Gasteiger charge is -2.08. The van der Waals surface area contributed by atoms with Crippen molar-refractivity contribution in [3.8, 4) is 5.82 Å². The van der Waals surface area contributed by atoms with E-state index in [1.54, 1.807) is 0 Å². The first-order chi connectivity index (χ1) is 9.31. The lowest BCUT2D eigenvalue weighted by Crippen LogP contribution is -2.04. The zero-order valence-corrected chi connectivity index (χ0v) is 10.9. The molecule has 2 aromatic heterocycles. The van der Waals surface area contributed by atoms with E-state index >= 15 is 0 Å². The van der Waals surface area contributed by atoms with Crippen molar-refractivity contribution in [1.29, 1.82) is 0 Å². The lowest BCUT2D eigenvalue weighted by atomic mass is 10.2. The minimum absolute atomic E-state index is 0.523. The predicted octanol–water partition coefficient (Wildman–Crippen LogP) is 2.44. The number of pyridine rings is 1. The first kappa shape index (κ1) is 11.9. The van der Waals surface area contributed by atoms with E-state index in [0.717, 1.165) is 34.5 Å². The fourth-order valence-corrected chi connectivity index (χ4v) is 2.20. The molecule has 0 aliphatic rings. The fourth-order valence-electron chi connectivity index (χ4n) is 2.20. The number of aromatic nitrogens is 3. The molecular formula is C15H16N4. The third-order valence-corrected chi connectivity index (χ3v) is 3.22. The second-order valence-corrected chi connectivity index (χ2v) is 4.49. The van der Waals surface area contributed by atoms with Gasteiger partial charge in [0.1, 0.15) is 12.1 Å². The van der Waals surface area contributed by atoms with E-state index in [1.807, 2.05) is 41.2 Å². The zero-order valence-electron chi connectivity index (χ0n) is 10.9. The highest BCUT2D eigenvalue weighted by atomic mass is 15.1. The number of fused-ring (bicyclic) bond motifs is 1. The Morgan fingerprint density at radius 3 is 2.84 bits per heavy atom. The molecule has 0 unspecified atom stereocenters. The number of imidazole rings is 1. The maximum Gasteiger partial charge on any atom is 0.138 e. The van der Waals surface area contributed by atoms with Crippen LogP contribution in [-0.4, -0.2) is 14.5 Å². The maximum absolute atomic E-state index is 5.76. The van der Waals surface area contributed by atoms with Crippen molar-refractivity contribution < 1.29 is 0 Å². The molecule has 0 fully saturated rings. The van der Waals surface area contributed by atoms with Crippen LogP contribution in [0, 0.1) is 0 Å². The molecular weight excluding hydrogens is 236 g/mol. The van der Waals surface area contributed by atoms with Gasteiger partial charge in [-0.15, -0.1) is 0 Å². The quantitative estimate of drug-likeness (QED) is 0.779. The van der Waals surface area contributed by atoms with E-state index in [-0.39, 0.29) is 0 Å². The zero-order chi connectivity index (χ0) is 13.2. The molecule has 2 N–H and O–H groups in total. The standard InChI is InChI=1S/C15H16N4/c1-2-12-7-11(9-16)8-15(18-12)19-10-17-13-5-3-4-6-14(13)19/h3-8,10H,2,9,16H2,1H3. The Labute approximate surface area is 111 Å². The molecule has 0 saturated heterocycles. The van der Waals surface area contributed by atoms with E-state index in [4.69, 9.17) is 5.73 Å². The second-order valence-electron chi connectivity index (χ2n) is 4.49. The van der Waals surface area contributed by atoms with Crippen molar-refractivity contribution in [2.24, 2.45) is 5.73 Å². The molecule has 0 aliphatic carbocycles. The molecule has 0 aliphatic heterocycles. The SMILES string of the molecule is CCc1cc(CN)cc(-n2cnc3ccccc32)n1. The van der Waals surface area contributed by atoms with Crippen LogP contribution in [0.2, 0.25) is 0 Å². The molecule has 19 heavy (non-hydrogen) atoms. The maximum atomic E-state index is 5.76. The van der Waals surface area contributed by atoms with Gasteiger partial charge in [-0.1, -0.05) is 19.1 Å². The summed E-state index contributed by atoms with van der Waals surface area (Å²) in [5.41, 5.74) is 9.94. The lowest BCUT2D eigenvalue weighted by molar-refractivity contribution is 0.933. The third-order valence-electron chi connectivity index (χ3n) is 3.22. The molecule has 1 aromatic carbocycles. The number of aryl methyl sites for hydroxylation is 1. The van der Waals surface area contributed by atoms with Crippen molar-refractivity contribution in [2.45, 2.75) is 19.9 Å². The molecule has 0 bridgehead atoms. The summed E-state index contributed by atoms with van der Waals surface area (Å²) in [5, 5.41) is 0. The molecule has 0 saturated carbocycles. The average Bonchev–Trinajstić information content (AvgIpc) is 2.90. The van der Waals surface area contributed by atoms with Crippen LogP contribution in [0.25, 0.3) is 16.9 Å². The van der Waals surface area contributed by atoms with Crippen molar-refractivity contribution in [3.63, 3.8) is 0 Å². The van der Waals surface area contributed by atoms with E-state index in [2.05, 4.69) is 23.0 Å². The summed E-state index contributed by atoms with van der Waals surface area (Å²) < 4.78 is 2.01. The molecule has 96 valence electrons. The molecule has 0 atom stereocenters. The van der Waals surface area contributed by atoms with E-state index in [0.29, 0.717) is 6.54 Å². The minimum Gasteiger partial charge on any atom is -0.326 e. The van der Waals surface area contributed by atoms with Crippen LogP contribution in [0.5, 0.6) is 0 Å². The number of benzene rings is 1. The second kappa shape index (κ2) is 4.82. The van der Waals surface area contributed by atoms with Crippen LogP contribution in [0.15, 0.2) is 42.7 Å². The van der Waals surface area contributed by atoms with Crippen LogP contribution in [-0.2, 0) is 13.0 Å². The molecule has 4 heteroatoms. The number of rotatable bonds is 3. The Hall–Kier alpha value is -2.20. The van der Waals surface area contributed by atoms with Crippen molar-refractivity contribution in [2.75, 3.05) is 0 Å². The average molecular weight is 252 g/mol. The van der Waals surface area contributed by atoms with E-state index in [9.17, 15) is 0 Å². The molecule has 0 amide bonds. The monoisotopic (exact) mass is 252 g/mol. The highest BCUT2D eigenvalue weighted by Crippen LogP contribution is 2.18. The Balaban J connectivity index is 2.20. The predicted molar refractivity (Wildman–Crippen MR) is 76.1 cm³/mol. The van der Waals surface area contributed by atoms with Gasteiger partial charge in [-0.2, -0.15) is 0 Å². The normalized spacial score (nSPS) is 11.1. The van der Waals surface area contributed by atoms with Crippen molar-refractivity contribution in [3.05, 3.63) is 54.0 Å². The topological polar surface area (TPSA) is 56.7 Å². The van der Waals surface area contributed by atoms with Gasteiger partial charge >= 0.3 is 0 Å². The summed E-state index contributed by atoms with van der Waals surface area (Å²) >= 11 is 0.